The number of anilines is 2. The van der Waals surface area contributed by atoms with E-state index < -0.39 is 11.5 Å². The van der Waals surface area contributed by atoms with Gasteiger partial charge in [0.1, 0.15) is 5.75 Å². The number of carbonyl (C=O) groups excluding carboxylic acids is 2. The maximum Gasteiger partial charge on any atom is 0.274 e. The summed E-state index contributed by atoms with van der Waals surface area (Å²) < 4.78 is 5.67. The van der Waals surface area contributed by atoms with E-state index in [1.165, 1.54) is 5.56 Å². The number of carbonyl (C=O) groups is 2. The lowest BCUT2D eigenvalue weighted by atomic mass is 9.92. The molecule has 40 heavy (non-hydrogen) atoms. The molecule has 3 heterocycles. The lowest BCUT2D eigenvalue weighted by molar-refractivity contribution is -0.139. The van der Waals surface area contributed by atoms with E-state index in [0.29, 0.717) is 31.7 Å². The van der Waals surface area contributed by atoms with Crippen LogP contribution in [0.15, 0.2) is 24.3 Å². The zero-order valence-corrected chi connectivity index (χ0v) is 23.3. The average Bonchev–Trinajstić information content (AvgIpc) is 2.95. The number of nitrogens with one attached hydrogen (secondary N) is 1. The Hall–Kier alpha value is -3.19. The van der Waals surface area contributed by atoms with Crippen LogP contribution in [-0.4, -0.2) is 99.4 Å². The van der Waals surface area contributed by atoms with E-state index in [1.807, 2.05) is 24.3 Å². The van der Waals surface area contributed by atoms with Crippen LogP contribution >= 0.6 is 11.6 Å². The third-order valence-corrected chi connectivity index (χ3v) is 7.81. The summed E-state index contributed by atoms with van der Waals surface area (Å²) in [7, 11) is 0. The normalized spacial score (nSPS) is 19.3. The van der Waals surface area contributed by atoms with Gasteiger partial charge in [0, 0.05) is 25.7 Å². The van der Waals surface area contributed by atoms with E-state index in [2.05, 4.69) is 20.2 Å². The number of nitrogens with zero attached hydrogens (tertiary/aromatic N) is 4. The van der Waals surface area contributed by atoms with Crippen LogP contribution in [0.1, 0.15) is 48.2 Å². The zero-order valence-electron chi connectivity index (χ0n) is 22.5. The van der Waals surface area contributed by atoms with Crippen molar-refractivity contribution in [3.63, 3.8) is 0 Å². The van der Waals surface area contributed by atoms with Crippen molar-refractivity contribution in [2.45, 2.75) is 50.2 Å². The molecule has 0 spiro atoms. The second-order valence-corrected chi connectivity index (χ2v) is 10.9. The summed E-state index contributed by atoms with van der Waals surface area (Å²) >= 11 is 5.90. The number of aliphatic hydroxyl groups is 2. The Morgan fingerprint density at radius 3 is 2.55 bits per heavy atom. The summed E-state index contributed by atoms with van der Waals surface area (Å²) in [6.45, 7) is 3.07. The smallest absolute Gasteiger partial charge is 0.274 e. The molecule has 2 amide bonds. The highest BCUT2D eigenvalue weighted by molar-refractivity contribution is 6.31. The van der Waals surface area contributed by atoms with Gasteiger partial charge in [0.05, 0.1) is 12.2 Å². The fraction of sp³-hybridized carbons (Fsp3) is 0.556. The van der Waals surface area contributed by atoms with Gasteiger partial charge in [0.15, 0.2) is 29.1 Å². The SMILES string of the molecule is Nc1nc(N)c(C(=O)N[C@H]2CCCN(CCCc3ccc(OCC(=O)N4CCC(O)(CO)CC4)cc3)C2)nc1Cl. The fourth-order valence-corrected chi connectivity index (χ4v) is 5.19. The minimum Gasteiger partial charge on any atom is -0.484 e. The number of aliphatic hydroxyl groups excluding tert-OH is 1. The fourth-order valence-electron chi connectivity index (χ4n) is 5.06. The summed E-state index contributed by atoms with van der Waals surface area (Å²) in [4.78, 5) is 36.9. The summed E-state index contributed by atoms with van der Waals surface area (Å²) in [6, 6.07) is 7.72. The molecule has 0 unspecified atom stereocenters. The van der Waals surface area contributed by atoms with Crippen LogP contribution in [0.25, 0.3) is 0 Å². The molecule has 1 aromatic heterocycles. The molecular weight excluding hydrogens is 538 g/mol. The van der Waals surface area contributed by atoms with Gasteiger partial charge in [0.2, 0.25) is 0 Å². The van der Waals surface area contributed by atoms with Gasteiger partial charge < -0.3 is 41.5 Å². The van der Waals surface area contributed by atoms with Crippen LogP contribution in [-0.2, 0) is 11.2 Å². The summed E-state index contributed by atoms with van der Waals surface area (Å²) in [5, 5.41) is 22.3. The average molecular weight is 576 g/mol. The molecule has 13 heteroatoms. The predicted molar refractivity (Wildman–Crippen MR) is 151 cm³/mol. The first-order valence-electron chi connectivity index (χ1n) is 13.6. The molecule has 218 valence electrons. The number of nitrogen functional groups attached to an aromatic ring is 2. The monoisotopic (exact) mass is 575 g/mol. The number of halogens is 1. The number of piperidine rings is 2. The lowest BCUT2D eigenvalue weighted by Crippen LogP contribution is -2.49. The minimum absolute atomic E-state index is 0.00936. The number of rotatable bonds is 10. The Morgan fingerprint density at radius 1 is 1.12 bits per heavy atom. The highest BCUT2D eigenvalue weighted by Crippen LogP contribution is 2.22. The number of benzene rings is 1. The maximum atomic E-state index is 12.7. The molecular formula is C27H38ClN7O5. The Labute approximate surface area is 238 Å². The van der Waals surface area contributed by atoms with Crippen LogP contribution in [0.4, 0.5) is 11.6 Å². The lowest BCUT2D eigenvalue weighted by Gasteiger charge is -2.36. The van der Waals surface area contributed by atoms with Crippen molar-refractivity contribution in [3.8, 4) is 5.75 Å². The summed E-state index contributed by atoms with van der Waals surface area (Å²) in [5.74, 6) is 0.0316. The van der Waals surface area contributed by atoms with Crippen molar-refractivity contribution >= 4 is 35.1 Å². The number of hydrogen-bond donors (Lipinski definition) is 5. The molecule has 0 radical (unpaired) electrons. The molecule has 12 nitrogen and oxygen atoms in total. The topological polar surface area (TPSA) is 180 Å². The van der Waals surface area contributed by atoms with E-state index in [9.17, 15) is 19.8 Å². The second kappa shape index (κ2) is 13.4. The Bertz CT molecular complexity index is 1170. The number of ether oxygens (including phenoxy) is 1. The van der Waals surface area contributed by atoms with E-state index in [0.717, 1.165) is 45.3 Å². The number of hydrogen-bond acceptors (Lipinski definition) is 10. The predicted octanol–water partition coefficient (Wildman–Crippen LogP) is 0.846. The van der Waals surface area contributed by atoms with Gasteiger partial charge in [-0.1, -0.05) is 23.7 Å². The molecule has 0 aliphatic carbocycles. The molecule has 2 aromatic rings. The van der Waals surface area contributed by atoms with Crippen LogP contribution in [0.2, 0.25) is 5.15 Å². The standard InChI is InChI=1S/C27H38ClN7O5/c28-23-25(30)33-24(29)22(32-23)26(38)31-19-4-2-12-34(15-19)11-1-3-18-5-7-20(8-6-18)40-16-21(37)35-13-9-27(39,17-36)10-14-35/h5-8,19,36,39H,1-4,9-17H2,(H,31,38)(H4,29,30,33)/t19-/m0/s1. The van der Waals surface area contributed by atoms with Crippen molar-refractivity contribution in [1.82, 2.24) is 25.1 Å². The first kappa shape index (κ1) is 29.8. The highest BCUT2D eigenvalue weighted by Gasteiger charge is 2.33. The van der Waals surface area contributed by atoms with Gasteiger partial charge in [-0.3, -0.25) is 9.59 Å². The molecule has 2 saturated heterocycles. The molecule has 2 aliphatic rings. The van der Waals surface area contributed by atoms with Crippen molar-refractivity contribution in [2.75, 3.05) is 57.4 Å². The molecule has 1 aromatic carbocycles. The summed E-state index contributed by atoms with van der Waals surface area (Å²) in [5.41, 5.74) is 11.5. The van der Waals surface area contributed by atoms with Gasteiger partial charge >= 0.3 is 0 Å². The van der Waals surface area contributed by atoms with E-state index in [1.54, 1.807) is 4.90 Å². The first-order valence-corrected chi connectivity index (χ1v) is 14.0. The third kappa shape index (κ3) is 7.94. The Morgan fingerprint density at radius 2 is 1.85 bits per heavy atom. The molecule has 4 rings (SSSR count). The van der Waals surface area contributed by atoms with E-state index in [4.69, 9.17) is 27.8 Å². The van der Waals surface area contributed by atoms with Gasteiger partial charge in [-0.15, -0.1) is 0 Å². The first-order chi connectivity index (χ1) is 19.2. The van der Waals surface area contributed by atoms with E-state index in [-0.39, 0.29) is 47.6 Å². The minimum atomic E-state index is -1.09. The Balaban J connectivity index is 1.16. The van der Waals surface area contributed by atoms with E-state index >= 15 is 0 Å². The number of aromatic nitrogens is 2. The van der Waals surface area contributed by atoms with Gasteiger partial charge in [-0.05, 0) is 69.3 Å². The largest absolute Gasteiger partial charge is 0.484 e. The molecule has 2 aliphatic heterocycles. The molecule has 0 saturated carbocycles. The summed E-state index contributed by atoms with van der Waals surface area (Å²) in [6.07, 6.45) is 4.41. The highest BCUT2D eigenvalue weighted by atomic mass is 35.5. The third-order valence-electron chi connectivity index (χ3n) is 7.53. The van der Waals surface area contributed by atoms with Gasteiger partial charge in [-0.2, -0.15) is 0 Å². The van der Waals surface area contributed by atoms with Crippen molar-refractivity contribution in [1.29, 1.82) is 0 Å². The number of nitrogens with two attached hydrogens (primary N) is 2. The van der Waals surface area contributed by atoms with Gasteiger partial charge in [0.25, 0.3) is 11.8 Å². The van der Waals surface area contributed by atoms with Crippen molar-refractivity contribution < 1.29 is 24.5 Å². The van der Waals surface area contributed by atoms with Crippen LogP contribution in [0.5, 0.6) is 5.75 Å². The second-order valence-electron chi connectivity index (χ2n) is 10.5. The zero-order chi connectivity index (χ0) is 28.7. The maximum absolute atomic E-state index is 12.7. The quantitative estimate of drug-likeness (QED) is 0.272. The molecule has 7 N–H and O–H groups in total. The van der Waals surface area contributed by atoms with Crippen molar-refractivity contribution in [2.24, 2.45) is 0 Å². The molecule has 1 atom stereocenters. The van der Waals surface area contributed by atoms with Gasteiger partial charge in [-0.25, -0.2) is 9.97 Å². The molecule has 2 fully saturated rings. The molecule has 0 bridgehead atoms. The van der Waals surface area contributed by atoms with Crippen LogP contribution in [0.3, 0.4) is 0 Å². The van der Waals surface area contributed by atoms with Crippen molar-refractivity contribution in [3.05, 3.63) is 40.7 Å². The van der Waals surface area contributed by atoms with Crippen LogP contribution < -0.4 is 21.5 Å². The van der Waals surface area contributed by atoms with Crippen LogP contribution in [0, 0.1) is 0 Å². The number of aryl methyl sites for hydroxylation is 1. The Kier molecular flexibility index (Phi) is 10.0. The number of amides is 2. The number of likely N-dealkylation sites (tertiary alicyclic amines) is 2.